The number of hydrogen-bond donors (Lipinski definition) is 1. The van der Waals surface area contributed by atoms with Crippen LogP contribution < -0.4 is 10.2 Å². The third kappa shape index (κ3) is 6.08. The highest BCUT2D eigenvalue weighted by molar-refractivity contribution is 6.31. The maximum absolute atomic E-state index is 13.2. The van der Waals surface area contributed by atoms with Gasteiger partial charge in [-0.05, 0) is 61.2 Å². The zero-order valence-electron chi connectivity index (χ0n) is 20.3. The lowest BCUT2D eigenvalue weighted by Crippen LogP contribution is -2.53. The molecule has 2 atom stereocenters. The van der Waals surface area contributed by atoms with Gasteiger partial charge < -0.3 is 19.9 Å². The topological polar surface area (TPSA) is 57.7 Å². The third-order valence-electron chi connectivity index (χ3n) is 7.19. The molecule has 1 aromatic heterocycles. The molecule has 2 aliphatic rings. The number of anilines is 1. The Morgan fingerprint density at radius 1 is 1.06 bits per heavy atom. The number of nitrogens with one attached hydrogen (secondary N) is 1. The molecular formula is C28H32ClFN4O2. The smallest absolute Gasteiger partial charge is 0.317 e. The number of ether oxygens (including phenoxy) is 1. The molecule has 2 fully saturated rings. The van der Waals surface area contributed by atoms with E-state index in [0.29, 0.717) is 24.7 Å². The summed E-state index contributed by atoms with van der Waals surface area (Å²) in [5, 5.41) is 5.02. The SMILES string of the molecule is O=C(NC1CCCCC(OCc2ccc(F)cc2)C1)N1CCN(c2ccnc3cc(Cl)ccc23)CC1. The third-order valence-corrected chi connectivity index (χ3v) is 7.43. The number of pyridine rings is 1. The first-order chi connectivity index (χ1) is 17.5. The lowest BCUT2D eigenvalue weighted by molar-refractivity contribution is 0.0267. The van der Waals surface area contributed by atoms with Gasteiger partial charge in [-0.3, -0.25) is 4.98 Å². The minimum Gasteiger partial charge on any atom is -0.373 e. The minimum absolute atomic E-state index is 0.00482. The fourth-order valence-corrected chi connectivity index (χ4v) is 5.36. The van der Waals surface area contributed by atoms with Crippen LogP contribution in [0.2, 0.25) is 5.02 Å². The Morgan fingerprint density at radius 2 is 1.83 bits per heavy atom. The van der Waals surface area contributed by atoms with Gasteiger partial charge in [0, 0.05) is 54.5 Å². The van der Waals surface area contributed by atoms with Crippen LogP contribution in [0.5, 0.6) is 0 Å². The molecule has 0 radical (unpaired) electrons. The average molecular weight is 511 g/mol. The van der Waals surface area contributed by atoms with E-state index in [1.807, 2.05) is 35.4 Å². The molecule has 36 heavy (non-hydrogen) atoms. The summed E-state index contributed by atoms with van der Waals surface area (Å²) in [6.45, 7) is 3.33. The van der Waals surface area contributed by atoms with Gasteiger partial charge in [0.2, 0.25) is 0 Å². The summed E-state index contributed by atoms with van der Waals surface area (Å²) in [6, 6.07) is 14.4. The predicted molar refractivity (Wildman–Crippen MR) is 141 cm³/mol. The molecule has 2 amide bonds. The molecule has 190 valence electrons. The number of rotatable bonds is 5. The number of halogens is 2. The number of hydrogen-bond acceptors (Lipinski definition) is 4. The van der Waals surface area contributed by atoms with Gasteiger partial charge in [-0.15, -0.1) is 0 Å². The van der Waals surface area contributed by atoms with E-state index in [4.69, 9.17) is 16.3 Å². The zero-order valence-corrected chi connectivity index (χ0v) is 21.1. The number of carbonyl (C=O) groups excluding carboxylic acids is 1. The number of amides is 2. The van der Waals surface area contributed by atoms with Crippen molar-refractivity contribution < 1.29 is 13.9 Å². The lowest BCUT2D eigenvalue weighted by Gasteiger charge is -2.37. The Morgan fingerprint density at radius 3 is 2.64 bits per heavy atom. The first-order valence-electron chi connectivity index (χ1n) is 12.8. The summed E-state index contributed by atoms with van der Waals surface area (Å²) in [6.07, 6.45) is 6.82. The maximum atomic E-state index is 13.2. The van der Waals surface area contributed by atoms with Gasteiger partial charge in [-0.1, -0.05) is 36.6 Å². The predicted octanol–water partition coefficient (Wildman–Crippen LogP) is 5.78. The molecule has 0 spiro atoms. The molecule has 6 nitrogen and oxygen atoms in total. The maximum Gasteiger partial charge on any atom is 0.317 e. The highest BCUT2D eigenvalue weighted by Gasteiger charge is 2.27. The van der Waals surface area contributed by atoms with Crippen LogP contribution in [0.25, 0.3) is 10.9 Å². The quantitative estimate of drug-likeness (QED) is 0.442. The largest absolute Gasteiger partial charge is 0.373 e. The number of piperazine rings is 1. The van der Waals surface area contributed by atoms with Crippen LogP contribution in [-0.4, -0.2) is 54.2 Å². The summed E-state index contributed by atoms with van der Waals surface area (Å²) in [7, 11) is 0. The number of benzene rings is 2. The first kappa shape index (κ1) is 24.8. The van der Waals surface area contributed by atoms with Gasteiger partial charge in [0.05, 0.1) is 18.2 Å². The fourth-order valence-electron chi connectivity index (χ4n) is 5.19. The van der Waals surface area contributed by atoms with Crippen LogP contribution in [0.3, 0.4) is 0 Å². The van der Waals surface area contributed by atoms with E-state index in [9.17, 15) is 9.18 Å². The lowest BCUT2D eigenvalue weighted by atomic mass is 10.1. The summed E-state index contributed by atoms with van der Waals surface area (Å²) in [4.78, 5) is 21.8. The summed E-state index contributed by atoms with van der Waals surface area (Å²) in [5.41, 5.74) is 2.97. The van der Waals surface area contributed by atoms with Crippen LogP contribution >= 0.6 is 11.6 Å². The second-order valence-corrected chi connectivity index (χ2v) is 10.1. The van der Waals surface area contributed by atoms with Crippen molar-refractivity contribution in [3.05, 3.63) is 71.1 Å². The van der Waals surface area contributed by atoms with Gasteiger partial charge in [0.25, 0.3) is 0 Å². The molecule has 2 heterocycles. The fraction of sp³-hybridized carbons (Fsp3) is 0.429. The standard InChI is InChI=1S/C28H32ClFN4O2/c29-21-7-10-25-26(17-21)31-12-11-27(25)33-13-15-34(16-14-33)28(35)32-23-3-1-2-4-24(18-23)36-19-20-5-8-22(30)9-6-20/h5-12,17,23-24H,1-4,13-16,18-19H2,(H,32,35). The highest BCUT2D eigenvalue weighted by atomic mass is 35.5. The second-order valence-electron chi connectivity index (χ2n) is 9.69. The van der Waals surface area contributed by atoms with E-state index >= 15 is 0 Å². The molecule has 5 rings (SSSR count). The second kappa shape index (κ2) is 11.4. The molecule has 8 heteroatoms. The Bertz CT molecular complexity index is 1180. The van der Waals surface area contributed by atoms with E-state index < -0.39 is 0 Å². The van der Waals surface area contributed by atoms with Crippen LogP contribution in [0.4, 0.5) is 14.9 Å². The molecule has 1 aliphatic carbocycles. The highest BCUT2D eigenvalue weighted by Crippen LogP contribution is 2.28. The number of aromatic nitrogens is 1. The van der Waals surface area contributed by atoms with Crippen molar-refractivity contribution in [2.24, 2.45) is 0 Å². The van der Waals surface area contributed by atoms with Crippen molar-refractivity contribution in [3.63, 3.8) is 0 Å². The van der Waals surface area contributed by atoms with Crippen molar-refractivity contribution in [3.8, 4) is 0 Å². The van der Waals surface area contributed by atoms with Gasteiger partial charge >= 0.3 is 6.03 Å². The summed E-state index contributed by atoms with van der Waals surface area (Å²) in [5.74, 6) is -0.240. The summed E-state index contributed by atoms with van der Waals surface area (Å²) >= 11 is 6.14. The van der Waals surface area contributed by atoms with E-state index in [1.54, 1.807) is 12.1 Å². The average Bonchev–Trinajstić information content (AvgIpc) is 3.13. The summed E-state index contributed by atoms with van der Waals surface area (Å²) < 4.78 is 19.3. The van der Waals surface area contributed by atoms with Gasteiger partial charge in [-0.2, -0.15) is 0 Å². The van der Waals surface area contributed by atoms with Crippen molar-refractivity contribution in [1.82, 2.24) is 15.2 Å². The number of urea groups is 1. The molecule has 1 N–H and O–H groups in total. The Balaban J connectivity index is 1.13. The van der Waals surface area contributed by atoms with Gasteiger partial charge in [0.1, 0.15) is 5.82 Å². The van der Waals surface area contributed by atoms with Crippen LogP contribution in [0, 0.1) is 5.82 Å². The molecule has 1 saturated carbocycles. The van der Waals surface area contributed by atoms with Crippen molar-refractivity contribution in [2.75, 3.05) is 31.1 Å². The molecule has 1 aliphatic heterocycles. The molecule has 1 saturated heterocycles. The van der Waals surface area contributed by atoms with Crippen LogP contribution in [-0.2, 0) is 11.3 Å². The van der Waals surface area contributed by atoms with E-state index in [-0.39, 0.29) is 24.0 Å². The van der Waals surface area contributed by atoms with E-state index in [0.717, 1.165) is 67.3 Å². The van der Waals surface area contributed by atoms with Crippen LogP contribution in [0.15, 0.2) is 54.7 Å². The number of nitrogens with zero attached hydrogens (tertiary/aromatic N) is 3. The van der Waals surface area contributed by atoms with E-state index in [2.05, 4.69) is 15.2 Å². The molecule has 3 aromatic rings. The van der Waals surface area contributed by atoms with Crippen LogP contribution in [0.1, 0.15) is 37.7 Å². The van der Waals surface area contributed by atoms with Crippen molar-refractivity contribution in [1.29, 1.82) is 0 Å². The Labute approximate surface area is 216 Å². The number of fused-ring (bicyclic) bond motifs is 1. The molecular weight excluding hydrogens is 479 g/mol. The normalized spacial score (nSPS) is 20.8. The van der Waals surface area contributed by atoms with Gasteiger partial charge in [-0.25, -0.2) is 9.18 Å². The zero-order chi connectivity index (χ0) is 24.9. The molecule has 0 bridgehead atoms. The van der Waals surface area contributed by atoms with Crippen molar-refractivity contribution >= 4 is 34.2 Å². The van der Waals surface area contributed by atoms with Crippen molar-refractivity contribution in [2.45, 2.75) is 50.9 Å². The Hall–Kier alpha value is -2.90. The van der Waals surface area contributed by atoms with Gasteiger partial charge in [0.15, 0.2) is 0 Å². The number of carbonyl (C=O) groups is 1. The molecule has 2 aromatic carbocycles. The minimum atomic E-state index is -0.240. The monoisotopic (exact) mass is 510 g/mol. The Kier molecular flexibility index (Phi) is 7.87. The molecule has 2 unspecified atom stereocenters. The van der Waals surface area contributed by atoms with E-state index in [1.165, 1.54) is 12.1 Å². The first-order valence-corrected chi connectivity index (χ1v) is 13.1.